The summed E-state index contributed by atoms with van der Waals surface area (Å²) in [4.78, 5) is 21.8. The van der Waals surface area contributed by atoms with Crippen molar-refractivity contribution in [2.75, 3.05) is 29.9 Å². The lowest BCUT2D eigenvalue weighted by Gasteiger charge is -2.22. The first-order valence-electron chi connectivity index (χ1n) is 6.69. The molecule has 0 aliphatic rings. The summed E-state index contributed by atoms with van der Waals surface area (Å²) in [5.74, 6) is 0.983. The molecule has 1 aromatic rings. The lowest BCUT2D eigenvalue weighted by molar-refractivity contribution is -0.116. The zero-order chi connectivity index (χ0) is 14.3. The van der Waals surface area contributed by atoms with Crippen LogP contribution in [0.5, 0.6) is 0 Å². The number of amides is 1. The monoisotopic (exact) mass is 265 g/mol. The van der Waals surface area contributed by atoms with Crippen molar-refractivity contribution >= 4 is 17.7 Å². The van der Waals surface area contributed by atoms with Crippen molar-refractivity contribution in [1.29, 1.82) is 0 Å². The highest BCUT2D eigenvalue weighted by atomic mass is 16.1. The molecule has 0 spiro atoms. The number of nitrogens with one attached hydrogen (secondary N) is 1. The second-order valence-corrected chi connectivity index (χ2v) is 4.46. The number of primary amides is 1. The van der Waals surface area contributed by atoms with E-state index in [1.54, 1.807) is 0 Å². The van der Waals surface area contributed by atoms with E-state index in [9.17, 15) is 4.79 Å². The Morgan fingerprint density at radius 1 is 1.42 bits per heavy atom. The van der Waals surface area contributed by atoms with E-state index in [2.05, 4.69) is 22.2 Å². The fraction of sp³-hybridized carbons (Fsp3) is 0.615. The number of nitrogens with zero attached hydrogens (tertiary/aromatic N) is 3. The Bertz CT molecular complexity index is 421. The Labute approximate surface area is 114 Å². The van der Waals surface area contributed by atoms with Gasteiger partial charge in [0.25, 0.3) is 0 Å². The highest BCUT2D eigenvalue weighted by Crippen LogP contribution is 2.15. The summed E-state index contributed by atoms with van der Waals surface area (Å²) in [5.41, 5.74) is 6.17. The molecule has 0 unspecified atom stereocenters. The predicted molar refractivity (Wildman–Crippen MR) is 77.2 cm³/mol. The van der Waals surface area contributed by atoms with Crippen molar-refractivity contribution in [3.63, 3.8) is 0 Å². The smallest absolute Gasteiger partial charge is 0.236 e. The number of anilines is 2. The van der Waals surface area contributed by atoms with Crippen LogP contribution in [0.1, 0.15) is 32.4 Å². The standard InChI is InChI=1S/C13H23N5O/c1-4-6-7-18(9-11(14)19)12-8-10(3)16-13(17-12)15-5-2/h8H,4-7,9H2,1-3H3,(H2,14,19)(H,15,16,17). The van der Waals surface area contributed by atoms with Crippen LogP contribution in [0.2, 0.25) is 0 Å². The molecule has 19 heavy (non-hydrogen) atoms. The minimum absolute atomic E-state index is 0.183. The van der Waals surface area contributed by atoms with Gasteiger partial charge in [-0.2, -0.15) is 4.98 Å². The molecule has 1 heterocycles. The molecule has 0 aliphatic carbocycles. The lowest BCUT2D eigenvalue weighted by Crippen LogP contribution is -2.35. The van der Waals surface area contributed by atoms with Crippen LogP contribution in [0, 0.1) is 6.92 Å². The van der Waals surface area contributed by atoms with E-state index in [-0.39, 0.29) is 12.5 Å². The van der Waals surface area contributed by atoms with E-state index < -0.39 is 0 Å². The van der Waals surface area contributed by atoms with Crippen LogP contribution in [0.25, 0.3) is 0 Å². The number of hydrogen-bond donors (Lipinski definition) is 2. The van der Waals surface area contributed by atoms with Gasteiger partial charge >= 0.3 is 0 Å². The van der Waals surface area contributed by atoms with Gasteiger partial charge in [-0.25, -0.2) is 4.98 Å². The highest BCUT2D eigenvalue weighted by molar-refractivity contribution is 5.79. The molecule has 0 saturated carbocycles. The van der Waals surface area contributed by atoms with Gasteiger partial charge in [0.05, 0.1) is 6.54 Å². The average molecular weight is 265 g/mol. The van der Waals surface area contributed by atoms with Crippen LogP contribution in [-0.2, 0) is 4.79 Å². The van der Waals surface area contributed by atoms with Crippen LogP contribution >= 0.6 is 0 Å². The van der Waals surface area contributed by atoms with Crippen molar-refractivity contribution in [3.05, 3.63) is 11.8 Å². The second-order valence-electron chi connectivity index (χ2n) is 4.46. The maximum Gasteiger partial charge on any atom is 0.236 e. The van der Waals surface area contributed by atoms with E-state index >= 15 is 0 Å². The normalized spacial score (nSPS) is 10.3. The van der Waals surface area contributed by atoms with Crippen molar-refractivity contribution in [3.8, 4) is 0 Å². The number of unbranched alkanes of at least 4 members (excludes halogenated alkanes) is 1. The Hall–Kier alpha value is -1.85. The van der Waals surface area contributed by atoms with E-state index in [0.29, 0.717) is 5.95 Å². The van der Waals surface area contributed by atoms with Gasteiger partial charge < -0.3 is 16.0 Å². The highest BCUT2D eigenvalue weighted by Gasteiger charge is 2.12. The zero-order valence-corrected chi connectivity index (χ0v) is 11.9. The fourth-order valence-electron chi connectivity index (χ4n) is 1.76. The van der Waals surface area contributed by atoms with Gasteiger partial charge in [0, 0.05) is 24.8 Å². The topological polar surface area (TPSA) is 84.1 Å². The molecular weight excluding hydrogens is 242 g/mol. The molecule has 0 saturated heterocycles. The van der Waals surface area contributed by atoms with Crippen molar-refractivity contribution in [2.45, 2.75) is 33.6 Å². The van der Waals surface area contributed by atoms with Gasteiger partial charge in [0.2, 0.25) is 11.9 Å². The average Bonchev–Trinajstić information content (AvgIpc) is 2.33. The van der Waals surface area contributed by atoms with Crippen LogP contribution in [0.3, 0.4) is 0 Å². The van der Waals surface area contributed by atoms with Gasteiger partial charge in [0.15, 0.2) is 0 Å². The van der Waals surface area contributed by atoms with Gasteiger partial charge in [-0.05, 0) is 20.3 Å². The van der Waals surface area contributed by atoms with Crippen LogP contribution < -0.4 is 16.0 Å². The maximum atomic E-state index is 11.2. The number of hydrogen-bond acceptors (Lipinski definition) is 5. The van der Waals surface area contributed by atoms with Gasteiger partial charge in [-0.3, -0.25) is 4.79 Å². The van der Waals surface area contributed by atoms with Crippen LogP contribution in [-0.4, -0.2) is 35.5 Å². The molecule has 1 amide bonds. The largest absolute Gasteiger partial charge is 0.368 e. The molecule has 1 aromatic heterocycles. The number of nitrogens with two attached hydrogens (primary N) is 1. The first-order valence-corrected chi connectivity index (χ1v) is 6.69. The summed E-state index contributed by atoms with van der Waals surface area (Å²) < 4.78 is 0. The Morgan fingerprint density at radius 3 is 2.74 bits per heavy atom. The number of rotatable bonds is 8. The summed E-state index contributed by atoms with van der Waals surface area (Å²) in [6, 6.07) is 1.87. The lowest BCUT2D eigenvalue weighted by atomic mass is 10.3. The number of carbonyl (C=O) groups excluding carboxylic acids is 1. The third kappa shape index (κ3) is 5.11. The molecule has 0 fully saturated rings. The molecule has 6 heteroatoms. The van der Waals surface area contributed by atoms with Crippen molar-refractivity contribution < 1.29 is 4.79 Å². The molecule has 0 radical (unpaired) electrons. The summed E-state index contributed by atoms with van der Waals surface area (Å²) in [7, 11) is 0. The summed E-state index contributed by atoms with van der Waals surface area (Å²) in [5, 5.41) is 3.09. The minimum Gasteiger partial charge on any atom is -0.368 e. The van der Waals surface area contributed by atoms with Gasteiger partial charge in [0.1, 0.15) is 5.82 Å². The third-order valence-corrected chi connectivity index (χ3v) is 2.63. The zero-order valence-electron chi connectivity index (χ0n) is 11.9. The summed E-state index contributed by atoms with van der Waals surface area (Å²) in [6.45, 7) is 7.72. The molecular formula is C13H23N5O. The fourth-order valence-corrected chi connectivity index (χ4v) is 1.76. The van der Waals surface area contributed by atoms with Gasteiger partial charge in [-0.1, -0.05) is 13.3 Å². The molecule has 0 aromatic carbocycles. The summed E-state index contributed by atoms with van der Waals surface area (Å²) >= 11 is 0. The Morgan fingerprint density at radius 2 is 2.16 bits per heavy atom. The van der Waals surface area contributed by atoms with E-state index in [4.69, 9.17) is 5.73 Å². The molecule has 0 aliphatic heterocycles. The molecule has 0 bridgehead atoms. The molecule has 106 valence electrons. The molecule has 3 N–H and O–H groups in total. The number of aryl methyl sites for hydroxylation is 1. The van der Waals surface area contributed by atoms with Crippen LogP contribution in [0.4, 0.5) is 11.8 Å². The molecule has 1 rings (SSSR count). The van der Waals surface area contributed by atoms with Gasteiger partial charge in [-0.15, -0.1) is 0 Å². The van der Waals surface area contributed by atoms with E-state index in [0.717, 1.165) is 37.4 Å². The first kappa shape index (κ1) is 15.2. The second kappa shape index (κ2) is 7.56. The van der Waals surface area contributed by atoms with Crippen molar-refractivity contribution in [2.24, 2.45) is 5.73 Å². The minimum atomic E-state index is -0.350. The SMILES string of the molecule is CCCCN(CC(N)=O)c1cc(C)nc(NCC)n1. The maximum absolute atomic E-state index is 11.2. The van der Waals surface area contributed by atoms with E-state index in [1.165, 1.54) is 0 Å². The Balaban J connectivity index is 2.95. The van der Waals surface area contributed by atoms with Crippen molar-refractivity contribution in [1.82, 2.24) is 9.97 Å². The van der Waals surface area contributed by atoms with Crippen LogP contribution in [0.15, 0.2) is 6.07 Å². The number of carbonyl (C=O) groups is 1. The van der Waals surface area contributed by atoms with E-state index in [1.807, 2.05) is 24.8 Å². The summed E-state index contributed by atoms with van der Waals surface area (Å²) in [6.07, 6.45) is 2.05. The molecule has 6 nitrogen and oxygen atoms in total. The number of aromatic nitrogens is 2. The Kier molecular flexibility index (Phi) is 6.05. The quantitative estimate of drug-likeness (QED) is 0.740. The predicted octanol–water partition coefficient (Wildman–Crippen LogP) is 1.31. The first-order chi connectivity index (χ1) is 9.06. The molecule has 0 atom stereocenters. The third-order valence-electron chi connectivity index (χ3n) is 2.63.